The third kappa shape index (κ3) is 3.70. The predicted molar refractivity (Wildman–Crippen MR) is 74.4 cm³/mol. The topological polar surface area (TPSA) is 111 Å². The standard InChI is InChI=1S/C13H17ClN2O5/c1-6-9(17)10(18)11(19)13(21-6)16-15-12(20)7-2-4-8(14)5-3-7/h2-6,9-11,13,16-19H,1H3,(H,15,20)/t6-,9-,10-,11+,13-/m0/s1. The van der Waals surface area contributed by atoms with Gasteiger partial charge in [0, 0.05) is 10.6 Å². The summed E-state index contributed by atoms with van der Waals surface area (Å²) < 4.78 is 5.28. The molecule has 1 aliphatic rings. The average molecular weight is 317 g/mol. The van der Waals surface area contributed by atoms with Gasteiger partial charge in [0.05, 0.1) is 6.10 Å². The van der Waals surface area contributed by atoms with Crippen LogP contribution in [0, 0.1) is 0 Å². The number of nitrogens with one attached hydrogen (secondary N) is 2. The zero-order valence-electron chi connectivity index (χ0n) is 11.2. The molecule has 0 radical (unpaired) electrons. The van der Waals surface area contributed by atoms with Gasteiger partial charge in [-0.3, -0.25) is 10.2 Å². The van der Waals surface area contributed by atoms with Crippen LogP contribution in [-0.4, -0.2) is 51.9 Å². The van der Waals surface area contributed by atoms with Gasteiger partial charge in [-0.15, -0.1) is 0 Å². The molecule has 5 atom stereocenters. The largest absolute Gasteiger partial charge is 0.388 e. The van der Waals surface area contributed by atoms with Gasteiger partial charge in [0.1, 0.15) is 18.3 Å². The van der Waals surface area contributed by atoms with E-state index in [2.05, 4.69) is 10.9 Å². The molecule has 21 heavy (non-hydrogen) atoms. The molecule has 5 N–H and O–H groups in total. The SMILES string of the molecule is C[C@@H]1O[C@H](NNC(=O)c2ccc(Cl)cc2)[C@H](O)[C@@H](O)[C@H]1O. The highest BCUT2D eigenvalue weighted by molar-refractivity contribution is 6.30. The lowest BCUT2D eigenvalue weighted by Crippen LogP contribution is -2.63. The lowest BCUT2D eigenvalue weighted by atomic mass is 9.99. The zero-order chi connectivity index (χ0) is 15.6. The minimum atomic E-state index is -1.37. The summed E-state index contributed by atoms with van der Waals surface area (Å²) in [7, 11) is 0. The quantitative estimate of drug-likeness (QED) is 0.476. The van der Waals surface area contributed by atoms with Crippen LogP contribution < -0.4 is 10.9 Å². The molecule has 0 bridgehead atoms. The Morgan fingerprint density at radius 1 is 1.14 bits per heavy atom. The number of halogens is 1. The van der Waals surface area contributed by atoms with Crippen molar-refractivity contribution in [3.8, 4) is 0 Å². The number of ether oxygens (including phenoxy) is 1. The van der Waals surface area contributed by atoms with E-state index < -0.39 is 36.6 Å². The first-order valence-corrected chi connectivity index (χ1v) is 6.79. The molecule has 1 amide bonds. The smallest absolute Gasteiger partial charge is 0.265 e. The summed E-state index contributed by atoms with van der Waals surface area (Å²) in [5.74, 6) is -0.448. The predicted octanol–water partition coefficient (Wildman–Crippen LogP) is -0.598. The molecule has 1 aliphatic heterocycles. The monoisotopic (exact) mass is 316 g/mol. The molecule has 7 nitrogen and oxygen atoms in total. The minimum Gasteiger partial charge on any atom is -0.388 e. The van der Waals surface area contributed by atoms with Crippen LogP contribution in [0.25, 0.3) is 0 Å². The molecule has 1 heterocycles. The van der Waals surface area contributed by atoms with Crippen LogP contribution in [0.1, 0.15) is 17.3 Å². The number of hydrogen-bond donors (Lipinski definition) is 5. The summed E-state index contributed by atoms with van der Waals surface area (Å²) in [6.45, 7) is 1.55. The van der Waals surface area contributed by atoms with E-state index in [1.165, 1.54) is 0 Å². The van der Waals surface area contributed by atoms with E-state index in [0.29, 0.717) is 10.6 Å². The minimum absolute atomic E-state index is 0.367. The third-order valence-corrected chi connectivity index (χ3v) is 3.54. The maximum absolute atomic E-state index is 11.9. The molecule has 0 aromatic heterocycles. The molecular formula is C13H17ClN2O5. The van der Waals surface area contributed by atoms with Crippen LogP contribution in [0.4, 0.5) is 0 Å². The van der Waals surface area contributed by atoms with Gasteiger partial charge in [0.15, 0.2) is 6.23 Å². The Morgan fingerprint density at radius 3 is 2.38 bits per heavy atom. The molecule has 0 aliphatic carbocycles. The number of aliphatic hydroxyl groups is 3. The van der Waals surface area contributed by atoms with Gasteiger partial charge >= 0.3 is 0 Å². The Hall–Kier alpha value is -1.22. The Kier molecular flexibility index (Phi) is 5.15. The van der Waals surface area contributed by atoms with Gasteiger partial charge in [-0.05, 0) is 31.2 Å². The first kappa shape index (κ1) is 16.2. The van der Waals surface area contributed by atoms with Crippen molar-refractivity contribution in [2.24, 2.45) is 0 Å². The normalized spacial score (nSPS) is 32.7. The number of hydrazine groups is 1. The number of rotatable bonds is 3. The van der Waals surface area contributed by atoms with Crippen LogP contribution in [-0.2, 0) is 4.74 Å². The van der Waals surface area contributed by atoms with Crippen molar-refractivity contribution in [2.45, 2.75) is 37.6 Å². The van der Waals surface area contributed by atoms with Gasteiger partial charge in [0.25, 0.3) is 5.91 Å². The Bertz CT molecular complexity index is 498. The number of hydrogen-bond acceptors (Lipinski definition) is 6. The second-order valence-electron chi connectivity index (χ2n) is 4.84. The molecule has 0 unspecified atom stereocenters. The molecule has 2 rings (SSSR count). The van der Waals surface area contributed by atoms with E-state index in [1.54, 1.807) is 31.2 Å². The second kappa shape index (κ2) is 6.69. The van der Waals surface area contributed by atoms with E-state index in [0.717, 1.165) is 0 Å². The number of amides is 1. The maximum atomic E-state index is 11.9. The van der Waals surface area contributed by atoms with Gasteiger partial charge < -0.3 is 20.1 Å². The van der Waals surface area contributed by atoms with Crippen molar-refractivity contribution in [3.05, 3.63) is 34.9 Å². The second-order valence-corrected chi connectivity index (χ2v) is 5.28. The Labute approximate surface area is 126 Å². The molecule has 1 fully saturated rings. The number of carbonyl (C=O) groups is 1. The first-order chi connectivity index (χ1) is 9.90. The molecule has 1 aromatic carbocycles. The van der Waals surface area contributed by atoms with Crippen molar-refractivity contribution < 1.29 is 24.9 Å². The first-order valence-electron chi connectivity index (χ1n) is 6.41. The van der Waals surface area contributed by atoms with Gasteiger partial charge in [0.2, 0.25) is 0 Å². The summed E-state index contributed by atoms with van der Waals surface area (Å²) in [4.78, 5) is 11.9. The zero-order valence-corrected chi connectivity index (χ0v) is 12.0. The molecule has 1 aromatic rings. The van der Waals surface area contributed by atoms with E-state index in [4.69, 9.17) is 16.3 Å². The van der Waals surface area contributed by atoms with Crippen LogP contribution in [0.5, 0.6) is 0 Å². The van der Waals surface area contributed by atoms with Crippen LogP contribution in [0.2, 0.25) is 5.02 Å². The molecule has 116 valence electrons. The number of benzene rings is 1. The van der Waals surface area contributed by atoms with E-state index >= 15 is 0 Å². The maximum Gasteiger partial charge on any atom is 0.265 e. The Morgan fingerprint density at radius 2 is 1.76 bits per heavy atom. The van der Waals surface area contributed by atoms with E-state index in [1.807, 2.05) is 0 Å². The fraction of sp³-hybridized carbons (Fsp3) is 0.462. The van der Waals surface area contributed by atoms with E-state index in [9.17, 15) is 20.1 Å². The van der Waals surface area contributed by atoms with Crippen LogP contribution in [0.3, 0.4) is 0 Å². The van der Waals surface area contributed by atoms with Gasteiger partial charge in [-0.2, -0.15) is 0 Å². The van der Waals surface area contributed by atoms with Crippen molar-refractivity contribution in [3.63, 3.8) is 0 Å². The van der Waals surface area contributed by atoms with Crippen molar-refractivity contribution in [2.75, 3.05) is 0 Å². The summed E-state index contributed by atoms with van der Waals surface area (Å²) in [6, 6.07) is 6.23. The van der Waals surface area contributed by atoms with Crippen molar-refractivity contribution >= 4 is 17.5 Å². The van der Waals surface area contributed by atoms with Crippen molar-refractivity contribution in [1.29, 1.82) is 0 Å². The highest BCUT2D eigenvalue weighted by Gasteiger charge is 2.41. The summed E-state index contributed by atoms with van der Waals surface area (Å²) in [6.07, 6.45) is -5.64. The van der Waals surface area contributed by atoms with Crippen LogP contribution >= 0.6 is 11.6 Å². The lowest BCUT2D eigenvalue weighted by molar-refractivity contribution is -0.226. The molecule has 1 saturated heterocycles. The van der Waals surface area contributed by atoms with Gasteiger partial charge in [-0.25, -0.2) is 5.43 Å². The summed E-state index contributed by atoms with van der Waals surface area (Å²) in [5, 5.41) is 29.5. The molecule has 0 spiro atoms. The summed E-state index contributed by atoms with van der Waals surface area (Å²) in [5.41, 5.74) is 5.22. The molecular weight excluding hydrogens is 300 g/mol. The third-order valence-electron chi connectivity index (χ3n) is 3.29. The van der Waals surface area contributed by atoms with Gasteiger partial charge in [-0.1, -0.05) is 11.6 Å². The highest BCUT2D eigenvalue weighted by Crippen LogP contribution is 2.19. The highest BCUT2D eigenvalue weighted by atomic mass is 35.5. The van der Waals surface area contributed by atoms with E-state index in [-0.39, 0.29) is 0 Å². The summed E-state index contributed by atoms with van der Waals surface area (Å²) >= 11 is 5.73. The number of aliphatic hydroxyl groups excluding tert-OH is 3. The fourth-order valence-corrected chi connectivity index (χ4v) is 2.11. The average Bonchev–Trinajstić information content (AvgIpc) is 2.48. The number of carbonyl (C=O) groups excluding carboxylic acids is 1. The molecule has 0 saturated carbocycles. The Balaban J connectivity index is 1.93. The lowest BCUT2D eigenvalue weighted by Gasteiger charge is -2.39. The molecule has 8 heteroatoms. The fourth-order valence-electron chi connectivity index (χ4n) is 1.98. The van der Waals surface area contributed by atoms with Crippen molar-refractivity contribution in [1.82, 2.24) is 10.9 Å². The van der Waals surface area contributed by atoms with Crippen LogP contribution in [0.15, 0.2) is 24.3 Å².